The summed E-state index contributed by atoms with van der Waals surface area (Å²) in [7, 11) is 0. The lowest BCUT2D eigenvalue weighted by molar-refractivity contribution is -0.139. The number of hydrogen-bond donors (Lipinski definition) is 1. The summed E-state index contributed by atoms with van der Waals surface area (Å²) in [6, 6.07) is 9.91. The maximum absolute atomic E-state index is 12.9. The second kappa shape index (κ2) is 7.40. The Balaban J connectivity index is 1.80. The molecular formula is C18H19NO6. The van der Waals surface area contributed by atoms with Crippen LogP contribution in [0.25, 0.3) is 0 Å². The molecule has 0 saturated carbocycles. The van der Waals surface area contributed by atoms with E-state index in [9.17, 15) is 9.59 Å². The number of carbonyl (C=O) groups excluding carboxylic acids is 1. The van der Waals surface area contributed by atoms with E-state index in [1.54, 1.807) is 29.2 Å². The zero-order valence-corrected chi connectivity index (χ0v) is 13.8. The quantitative estimate of drug-likeness (QED) is 0.894. The van der Waals surface area contributed by atoms with Crippen molar-refractivity contribution in [1.82, 2.24) is 4.90 Å². The van der Waals surface area contributed by atoms with Gasteiger partial charge in [-0.25, -0.2) is 4.79 Å². The number of ether oxygens (including phenoxy) is 2. The van der Waals surface area contributed by atoms with Crippen LogP contribution < -0.4 is 4.74 Å². The second-order valence-corrected chi connectivity index (χ2v) is 5.75. The molecule has 1 N–H and O–H groups in total. The van der Waals surface area contributed by atoms with Crippen LogP contribution in [0.15, 0.2) is 40.8 Å². The number of carboxylic acid groups (broad SMARTS) is 1. The maximum atomic E-state index is 12.9. The molecule has 3 rings (SSSR count). The third kappa shape index (κ3) is 4.00. The van der Waals surface area contributed by atoms with Gasteiger partial charge in [-0.1, -0.05) is 6.07 Å². The third-order valence-corrected chi connectivity index (χ3v) is 3.92. The molecule has 1 aliphatic rings. The van der Waals surface area contributed by atoms with Crippen molar-refractivity contribution in [2.24, 2.45) is 0 Å². The van der Waals surface area contributed by atoms with E-state index in [1.165, 1.54) is 0 Å². The first-order valence-corrected chi connectivity index (χ1v) is 7.94. The number of nitrogens with zero attached hydrogens (tertiary/aromatic N) is 1. The van der Waals surface area contributed by atoms with Crippen molar-refractivity contribution in [3.8, 4) is 5.75 Å². The Kier molecular flexibility index (Phi) is 5.04. The van der Waals surface area contributed by atoms with E-state index in [0.29, 0.717) is 36.8 Å². The van der Waals surface area contributed by atoms with E-state index in [4.69, 9.17) is 19.0 Å². The van der Waals surface area contributed by atoms with Crippen molar-refractivity contribution >= 4 is 11.9 Å². The number of benzene rings is 1. The SMILES string of the molecule is Cc1ccc(C2COCCN2C(=O)c2cccc(OCC(=O)O)c2)o1. The fraction of sp³-hybridized carbons (Fsp3) is 0.333. The van der Waals surface area contributed by atoms with Crippen LogP contribution in [0, 0.1) is 6.92 Å². The molecule has 1 aromatic heterocycles. The summed E-state index contributed by atoms with van der Waals surface area (Å²) in [5, 5.41) is 8.70. The minimum Gasteiger partial charge on any atom is -0.482 e. The lowest BCUT2D eigenvalue weighted by Crippen LogP contribution is -2.43. The lowest BCUT2D eigenvalue weighted by atomic mass is 10.1. The zero-order chi connectivity index (χ0) is 17.8. The van der Waals surface area contributed by atoms with Gasteiger partial charge in [0, 0.05) is 12.1 Å². The predicted octanol–water partition coefficient (Wildman–Crippen LogP) is 2.27. The number of aryl methyl sites for hydroxylation is 1. The number of furan rings is 1. The number of rotatable bonds is 5. The summed E-state index contributed by atoms with van der Waals surface area (Å²) < 4.78 is 16.3. The molecule has 132 valence electrons. The molecule has 0 radical (unpaired) electrons. The molecule has 0 bridgehead atoms. The summed E-state index contributed by atoms with van der Waals surface area (Å²) >= 11 is 0. The maximum Gasteiger partial charge on any atom is 0.341 e. The highest BCUT2D eigenvalue weighted by atomic mass is 16.5. The van der Waals surface area contributed by atoms with Gasteiger partial charge in [0.2, 0.25) is 0 Å². The van der Waals surface area contributed by atoms with Crippen LogP contribution >= 0.6 is 0 Å². The molecule has 7 heteroatoms. The predicted molar refractivity (Wildman–Crippen MR) is 87.6 cm³/mol. The largest absolute Gasteiger partial charge is 0.482 e. The van der Waals surface area contributed by atoms with Gasteiger partial charge < -0.3 is 23.9 Å². The summed E-state index contributed by atoms with van der Waals surface area (Å²) in [6.45, 7) is 2.67. The van der Waals surface area contributed by atoms with Crippen molar-refractivity contribution in [2.75, 3.05) is 26.4 Å². The molecule has 1 unspecified atom stereocenters. The van der Waals surface area contributed by atoms with Gasteiger partial charge in [-0.2, -0.15) is 0 Å². The van der Waals surface area contributed by atoms with Crippen LogP contribution in [0.5, 0.6) is 5.75 Å². The van der Waals surface area contributed by atoms with Gasteiger partial charge in [0.25, 0.3) is 5.91 Å². The molecule has 1 aliphatic heterocycles. The van der Waals surface area contributed by atoms with Crippen LogP contribution in [0.2, 0.25) is 0 Å². The summed E-state index contributed by atoms with van der Waals surface area (Å²) in [5.74, 6) is 0.550. The van der Waals surface area contributed by atoms with Crippen LogP contribution in [0.4, 0.5) is 0 Å². The average molecular weight is 345 g/mol. The topological polar surface area (TPSA) is 89.2 Å². The van der Waals surface area contributed by atoms with E-state index < -0.39 is 12.6 Å². The Bertz CT molecular complexity index is 768. The van der Waals surface area contributed by atoms with Crippen LogP contribution in [0.3, 0.4) is 0 Å². The van der Waals surface area contributed by atoms with Crippen molar-refractivity contribution in [3.05, 3.63) is 53.5 Å². The van der Waals surface area contributed by atoms with E-state index in [0.717, 1.165) is 5.76 Å². The molecule has 1 aromatic carbocycles. The number of amides is 1. The molecule has 1 atom stereocenters. The van der Waals surface area contributed by atoms with Gasteiger partial charge in [0.1, 0.15) is 23.3 Å². The highest BCUT2D eigenvalue weighted by Gasteiger charge is 2.31. The molecule has 1 amide bonds. The third-order valence-electron chi connectivity index (χ3n) is 3.92. The minimum atomic E-state index is -1.07. The smallest absolute Gasteiger partial charge is 0.341 e. The molecule has 1 fully saturated rings. The molecule has 1 saturated heterocycles. The van der Waals surface area contributed by atoms with Gasteiger partial charge in [0.05, 0.1) is 13.2 Å². The number of morpholine rings is 1. The van der Waals surface area contributed by atoms with Crippen LogP contribution in [-0.2, 0) is 9.53 Å². The fourth-order valence-corrected chi connectivity index (χ4v) is 2.74. The highest BCUT2D eigenvalue weighted by Crippen LogP contribution is 2.28. The van der Waals surface area contributed by atoms with Crippen molar-refractivity contribution < 1.29 is 28.6 Å². The van der Waals surface area contributed by atoms with Crippen LogP contribution in [0.1, 0.15) is 27.9 Å². The van der Waals surface area contributed by atoms with Gasteiger partial charge in [0.15, 0.2) is 6.61 Å². The number of carbonyl (C=O) groups is 2. The first-order valence-electron chi connectivity index (χ1n) is 7.94. The number of aliphatic carboxylic acids is 1. The Morgan fingerprint density at radius 2 is 2.16 bits per heavy atom. The Morgan fingerprint density at radius 3 is 2.88 bits per heavy atom. The summed E-state index contributed by atoms with van der Waals surface area (Å²) in [4.78, 5) is 25.3. The van der Waals surface area contributed by atoms with E-state index in [-0.39, 0.29) is 11.9 Å². The number of carboxylic acids is 1. The van der Waals surface area contributed by atoms with Gasteiger partial charge in [-0.15, -0.1) is 0 Å². The molecule has 0 aliphatic carbocycles. The highest BCUT2D eigenvalue weighted by molar-refractivity contribution is 5.95. The van der Waals surface area contributed by atoms with Gasteiger partial charge >= 0.3 is 5.97 Å². The van der Waals surface area contributed by atoms with E-state index in [2.05, 4.69) is 0 Å². The van der Waals surface area contributed by atoms with Crippen molar-refractivity contribution in [3.63, 3.8) is 0 Å². The Labute approximate surface area is 144 Å². The molecule has 7 nitrogen and oxygen atoms in total. The summed E-state index contributed by atoms with van der Waals surface area (Å²) in [5.41, 5.74) is 0.429. The monoisotopic (exact) mass is 345 g/mol. The first-order chi connectivity index (χ1) is 12.0. The molecule has 2 heterocycles. The average Bonchev–Trinajstić information content (AvgIpc) is 3.06. The van der Waals surface area contributed by atoms with Crippen molar-refractivity contribution in [1.29, 1.82) is 0 Å². The molecule has 2 aromatic rings. The normalized spacial score (nSPS) is 17.3. The fourth-order valence-electron chi connectivity index (χ4n) is 2.74. The molecule has 0 spiro atoms. The van der Waals surface area contributed by atoms with E-state index in [1.807, 2.05) is 19.1 Å². The first kappa shape index (κ1) is 17.0. The number of hydrogen-bond acceptors (Lipinski definition) is 5. The standard InChI is InChI=1S/C18H19NO6/c1-12-5-6-16(25-12)15-10-23-8-7-19(15)18(22)13-3-2-4-14(9-13)24-11-17(20)21/h2-6,9,15H,7-8,10-11H2,1H3,(H,20,21). The second-order valence-electron chi connectivity index (χ2n) is 5.75. The van der Waals surface area contributed by atoms with E-state index >= 15 is 0 Å². The Morgan fingerprint density at radius 1 is 1.32 bits per heavy atom. The molecular weight excluding hydrogens is 326 g/mol. The van der Waals surface area contributed by atoms with Gasteiger partial charge in [-0.3, -0.25) is 4.79 Å². The Hall–Kier alpha value is -2.80. The van der Waals surface area contributed by atoms with Crippen molar-refractivity contribution in [2.45, 2.75) is 13.0 Å². The minimum absolute atomic E-state index is 0.178. The zero-order valence-electron chi connectivity index (χ0n) is 13.8. The summed E-state index contributed by atoms with van der Waals surface area (Å²) in [6.07, 6.45) is 0. The van der Waals surface area contributed by atoms with Crippen LogP contribution in [-0.4, -0.2) is 48.2 Å². The lowest BCUT2D eigenvalue weighted by Gasteiger charge is -2.34. The molecule has 25 heavy (non-hydrogen) atoms. The van der Waals surface area contributed by atoms with Gasteiger partial charge in [-0.05, 0) is 37.3 Å².